The van der Waals surface area contributed by atoms with Crippen molar-refractivity contribution in [3.05, 3.63) is 0 Å². The fraction of sp³-hybridized carbons (Fsp3) is 0.884. The number of esters is 2. The van der Waals surface area contributed by atoms with E-state index in [4.69, 9.17) is 20.9 Å². The molecule has 2 amide bonds. The van der Waals surface area contributed by atoms with Crippen molar-refractivity contribution in [2.45, 2.75) is 207 Å². The van der Waals surface area contributed by atoms with Gasteiger partial charge in [0.15, 0.2) is 5.96 Å². The van der Waals surface area contributed by atoms with Crippen molar-refractivity contribution in [3.8, 4) is 0 Å². The van der Waals surface area contributed by atoms with Gasteiger partial charge in [0.25, 0.3) is 0 Å². The van der Waals surface area contributed by atoms with Crippen molar-refractivity contribution >= 4 is 29.7 Å². The normalized spacial score (nSPS) is 12.7. The van der Waals surface area contributed by atoms with Crippen LogP contribution in [0.5, 0.6) is 0 Å². The average Bonchev–Trinajstić information content (AvgIpc) is 3.15. The Kier molecular flexibility index (Phi) is 35.1. The maximum atomic E-state index is 13.0. The molecule has 0 radical (unpaired) electrons. The van der Waals surface area contributed by atoms with Crippen molar-refractivity contribution in [2.24, 2.45) is 28.3 Å². The quantitative estimate of drug-likeness (QED) is 0.0209. The summed E-state index contributed by atoms with van der Waals surface area (Å²) in [5.41, 5.74) is 10.9. The number of nitrogens with zero attached hydrogens (tertiary/aromatic N) is 1. The molecule has 0 rings (SSSR count). The fourth-order valence-electron chi connectivity index (χ4n) is 6.68. The topological polar surface area (TPSA) is 175 Å². The highest BCUT2D eigenvalue weighted by Gasteiger charge is 2.22. The fourth-order valence-corrected chi connectivity index (χ4v) is 6.68. The van der Waals surface area contributed by atoms with Gasteiger partial charge < -0.3 is 31.6 Å². The van der Waals surface area contributed by atoms with Gasteiger partial charge in [-0.05, 0) is 51.4 Å². The first-order valence-corrected chi connectivity index (χ1v) is 22.2. The number of hydrogen-bond acceptors (Lipinski definition) is 7. The third kappa shape index (κ3) is 30.5. The van der Waals surface area contributed by atoms with E-state index >= 15 is 0 Å². The Labute approximate surface area is 330 Å². The van der Waals surface area contributed by atoms with Crippen LogP contribution in [0.2, 0.25) is 0 Å². The van der Waals surface area contributed by atoms with E-state index in [1.807, 2.05) is 0 Å². The Morgan fingerprint density at radius 3 is 1.57 bits per heavy atom. The third-order valence-corrected chi connectivity index (χ3v) is 10.0. The molecule has 11 nitrogen and oxygen atoms in total. The Hall–Kier alpha value is -2.85. The predicted molar refractivity (Wildman–Crippen MR) is 222 cm³/mol. The van der Waals surface area contributed by atoms with Crippen molar-refractivity contribution in [1.29, 1.82) is 0 Å². The average molecular weight is 766 g/mol. The predicted octanol–water partition coefficient (Wildman–Crippen LogP) is 8.79. The highest BCUT2D eigenvalue weighted by molar-refractivity contribution is 5.87. The van der Waals surface area contributed by atoms with E-state index in [0.717, 1.165) is 122 Å². The molecule has 0 aliphatic heterocycles. The third-order valence-electron chi connectivity index (χ3n) is 10.0. The van der Waals surface area contributed by atoms with Gasteiger partial charge in [0.1, 0.15) is 6.04 Å². The Morgan fingerprint density at radius 2 is 1.00 bits per heavy atom. The molecule has 0 aromatic rings. The first-order chi connectivity index (χ1) is 26.2. The lowest BCUT2D eigenvalue weighted by atomic mass is 9.94. The van der Waals surface area contributed by atoms with Crippen LogP contribution in [0.1, 0.15) is 201 Å². The lowest BCUT2D eigenvalue weighted by molar-refractivity contribution is -0.150. The number of rotatable bonds is 38. The summed E-state index contributed by atoms with van der Waals surface area (Å²) < 4.78 is 11.2. The second-order valence-corrected chi connectivity index (χ2v) is 15.2. The number of carbonyl (C=O) groups excluding carboxylic acids is 4. The molecule has 316 valence electrons. The molecule has 0 aromatic heterocycles. The number of unbranched alkanes of at least 4 members (excludes halogenated alkanes) is 15. The number of guanidine groups is 1. The number of nitrogens with two attached hydrogens (primary N) is 2. The lowest BCUT2D eigenvalue weighted by Gasteiger charge is -2.18. The van der Waals surface area contributed by atoms with E-state index in [-0.39, 0.29) is 67.5 Å². The summed E-state index contributed by atoms with van der Waals surface area (Å²) in [6.07, 6.45) is 26.2. The number of aliphatic imine (C=N–C) groups is 1. The van der Waals surface area contributed by atoms with Crippen molar-refractivity contribution in [2.75, 3.05) is 26.3 Å². The molecule has 6 N–H and O–H groups in total. The Bertz CT molecular complexity index is 974. The van der Waals surface area contributed by atoms with E-state index < -0.39 is 6.04 Å². The highest BCUT2D eigenvalue weighted by Crippen LogP contribution is 2.21. The summed E-state index contributed by atoms with van der Waals surface area (Å²) >= 11 is 0. The van der Waals surface area contributed by atoms with Crippen LogP contribution in [0.4, 0.5) is 0 Å². The van der Waals surface area contributed by atoms with E-state index in [0.29, 0.717) is 19.6 Å². The molecule has 0 fully saturated rings. The summed E-state index contributed by atoms with van der Waals surface area (Å²) in [4.78, 5) is 55.2. The molecular weight excluding hydrogens is 683 g/mol. The molecule has 0 aliphatic carbocycles. The molecule has 54 heavy (non-hydrogen) atoms. The lowest BCUT2D eigenvalue weighted by Crippen LogP contribution is -2.47. The van der Waals surface area contributed by atoms with Crippen LogP contribution < -0.4 is 22.1 Å². The van der Waals surface area contributed by atoms with Gasteiger partial charge in [-0.15, -0.1) is 0 Å². The van der Waals surface area contributed by atoms with E-state index in [2.05, 4.69) is 43.3 Å². The first kappa shape index (κ1) is 51.1. The van der Waals surface area contributed by atoms with Crippen LogP contribution >= 0.6 is 0 Å². The van der Waals surface area contributed by atoms with Gasteiger partial charge in [-0.25, -0.2) is 0 Å². The first-order valence-electron chi connectivity index (χ1n) is 22.2. The second kappa shape index (κ2) is 37.1. The number of ether oxygens (including phenoxy) is 2. The van der Waals surface area contributed by atoms with Gasteiger partial charge in [0.05, 0.1) is 25.0 Å². The monoisotopic (exact) mass is 766 g/mol. The minimum Gasteiger partial charge on any atom is -0.465 e. The summed E-state index contributed by atoms with van der Waals surface area (Å²) in [6, 6.07) is -0.765. The summed E-state index contributed by atoms with van der Waals surface area (Å²) in [5.74, 6) is -0.831. The number of amides is 2. The zero-order valence-electron chi connectivity index (χ0n) is 35.2. The number of hydrogen-bond donors (Lipinski definition) is 4. The summed E-state index contributed by atoms with van der Waals surface area (Å²) in [5, 5.41) is 5.77. The molecule has 0 bridgehead atoms. The second-order valence-electron chi connectivity index (χ2n) is 15.2. The SMILES string of the molecule is CCCCCCCCC(CCCCCC)C(=O)OCCCC(=O)N[C@@H](CCN=C(N)N)C(=O)NCCCCCCCCOC(=O)C(CCC)CCCCC. The van der Waals surface area contributed by atoms with Crippen molar-refractivity contribution in [3.63, 3.8) is 0 Å². The molecule has 0 aromatic carbocycles. The van der Waals surface area contributed by atoms with Gasteiger partial charge >= 0.3 is 11.9 Å². The minimum atomic E-state index is -0.765. The van der Waals surface area contributed by atoms with Gasteiger partial charge in [-0.1, -0.05) is 143 Å². The maximum absolute atomic E-state index is 13.0. The molecule has 0 aliphatic rings. The van der Waals surface area contributed by atoms with Crippen LogP contribution in [-0.4, -0.2) is 62.1 Å². The largest absolute Gasteiger partial charge is 0.465 e. The Morgan fingerprint density at radius 1 is 0.537 bits per heavy atom. The zero-order chi connectivity index (χ0) is 40.1. The van der Waals surface area contributed by atoms with Crippen LogP contribution in [0.3, 0.4) is 0 Å². The molecule has 3 atom stereocenters. The summed E-state index contributed by atoms with van der Waals surface area (Å²) in [7, 11) is 0. The molecule has 0 spiro atoms. The smallest absolute Gasteiger partial charge is 0.308 e. The number of nitrogens with one attached hydrogen (secondary N) is 2. The van der Waals surface area contributed by atoms with Crippen LogP contribution in [-0.2, 0) is 28.7 Å². The zero-order valence-corrected chi connectivity index (χ0v) is 35.2. The van der Waals surface area contributed by atoms with E-state index in [1.54, 1.807) is 0 Å². The van der Waals surface area contributed by atoms with Crippen LogP contribution in [0.15, 0.2) is 4.99 Å². The van der Waals surface area contributed by atoms with Crippen LogP contribution in [0.25, 0.3) is 0 Å². The molecule has 0 heterocycles. The molecule has 0 saturated heterocycles. The Balaban J connectivity index is 4.52. The van der Waals surface area contributed by atoms with Crippen molar-refractivity contribution in [1.82, 2.24) is 10.6 Å². The molecular formula is C43H83N5O6. The summed E-state index contributed by atoms with van der Waals surface area (Å²) in [6.45, 7) is 10.1. The van der Waals surface area contributed by atoms with Gasteiger partial charge in [0.2, 0.25) is 11.8 Å². The molecule has 11 heteroatoms. The van der Waals surface area contributed by atoms with Crippen LogP contribution in [0, 0.1) is 11.8 Å². The highest BCUT2D eigenvalue weighted by atomic mass is 16.5. The number of carbonyl (C=O) groups is 4. The van der Waals surface area contributed by atoms with Crippen molar-refractivity contribution < 1.29 is 28.7 Å². The van der Waals surface area contributed by atoms with E-state index in [1.165, 1.54) is 32.1 Å². The standard InChI is InChI=1S/C43H83N5O6/c1-5-9-12-14-17-22-29-37(28-21-13-10-6-2)42(52)54-35-25-30-39(49)48-38(31-33-47-43(44)45)40(50)46-32-23-18-15-16-19-24-34-53-41(51)36(26-8-4)27-20-11-7-3/h36-38H,5-35H2,1-4H3,(H,46,50)(H,48,49)(H4,44,45,47)/t36?,37?,38-/m0/s1. The van der Waals surface area contributed by atoms with Gasteiger partial charge in [0, 0.05) is 19.5 Å². The molecule has 0 saturated carbocycles. The van der Waals surface area contributed by atoms with E-state index in [9.17, 15) is 19.2 Å². The minimum absolute atomic E-state index is 0.0344. The maximum Gasteiger partial charge on any atom is 0.308 e. The van der Waals surface area contributed by atoms with Gasteiger partial charge in [-0.3, -0.25) is 24.2 Å². The molecule has 2 unspecified atom stereocenters. The van der Waals surface area contributed by atoms with Gasteiger partial charge in [-0.2, -0.15) is 0 Å².